The molecule has 1 heterocycles. The maximum atomic E-state index is 12.5. The Morgan fingerprint density at radius 3 is 2.62 bits per heavy atom. The SMILES string of the molecule is CC(CN1CC[C@@H](OC(F)F)C1)[C@H]1CC[C@H]2/C(=C/C=C3C[C@@H](O)C[C@H](O)C3)CCC[C@]12C. The molecule has 4 nitrogen and oxygen atoms in total. The summed E-state index contributed by atoms with van der Waals surface area (Å²) in [6, 6.07) is 0. The Morgan fingerprint density at radius 1 is 1.16 bits per heavy atom. The van der Waals surface area contributed by atoms with Crippen LogP contribution in [0.4, 0.5) is 8.78 Å². The highest BCUT2D eigenvalue weighted by Gasteiger charge is 2.50. The van der Waals surface area contributed by atoms with Crippen molar-refractivity contribution in [2.75, 3.05) is 19.6 Å². The molecule has 32 heavy (non-hydrogen) atoms. The molecule has 0 aromatic heterocycles. The molecule has 0 radical (unpaired) electrons. The molecule has 1 aliphatic heterocycles. The van der Waals surface area contributed by atoms with Gasteiger partial charge in [0.15, 0.2) is 0 Å². The second-order valence-corrected chi connectivity index (χ2v) is 11.2. The molecule has 182 valence electrons. The van der Waals surface area contributed by atoms with Crippen LogP contribution in [0.3, 0.4) is 0 Å². The van der Waals surface area contributed by atoms with Crippen molar-refractivity contribution in [2.45, 2.75) is 96.6 Å². The number of hydrogen-bond acceptors (Lipinski definition) is 4. The topological polar surface area (TPSA) is 52.9 Å². The lowest BCUT2D eigenvalue weighted by Gasteiger charge is -2.45. The first-order valence-electron chi connectivity index (χ1n) is 12.6. The van der Waals surface area contributed by atoms with E-state index in [-0.39, 0.29) is 6.10 Å². The fourth-order valence-electron chi connectivity index (χ4n) is 7.50. The number of nitrogens with zero attached hydrogens (tertiary/aromatic N) is 1. The maximum Gasteiger partial charge on any atom is 0.345 e. The normalized spacial score (nSPS) is 40.8. The predicted molar refractivity (Wildman–Crippen MR) is 121 cm³/mol. The number of aliphatic hydroxyl groups excluding tert-OH is 2. The third kappa shape index (κ3) is 5.45. The van der Waals surface area contributed by atoms with E-state index in [2.05, 4.69) is 30.9 Å². The van der Waals surface area contributed by atoms with Crippen LogP contribution in [0.5, 0.6) is 0 Å². The van der Waals surface area contributed by atoms with Gasteiger partial charge >= 0.3 is 6.61 Å². The largest absolute Gasteiger partial charge is 0.393 e. The monoisotopic (exact) mass is 453 g/mol. The highest BCUT2D eigenvalue weighted by atomic mass is 19.3. The standard InChI is InChI=1S/C26H41F2NO3/c1-17(15-29-11-9-22(16-29)32-25(27)28)23-7-8-24-19(4-3-10-26(23,24)2)6-5-18-12-20(30)14-21(31)13-18/h5-6,17,20-25,30-31H,3-4,7-16H2,1-2H3/b19-6+/t17?,20-,21-,22-,23-,24+,26-/m1/s1. The number of likely N-dealkylation sites (tertiary alicyclic amines) is 1. The van der Waals surface area contributed by atoms with E-state index in [4.69, 9.17) is 4.74 Å². The highest BCUT2D eigenvalue weighted by Crippen LogP contribution is 2.59. The molecule has 1 unspecified atom stereocenters. The molecule has 0 amide bonds. The van der Waals surface area contributed by atoms with Crippen molar-refractivity contribution in [2.24, 2.45) is 23.2 Å². The first-order chi connectivity index (χ1) is 15.2. The van der Waals surface area contributed by atoms with Crippen molar-refractivity contribution < 1.29 is 23.7 Å². The van der Waals surface area contributed by atoms with E-state index in [0.717, 1.165) is 25.1 Å². The van der Waals surface area contributed by atoms with Crippen LogP contribution in [0, 0.1) is 23.2 Å². The third-order valence-electron chi connectivity index (χ3n) is 8.87. The van der Waals surface area contributed by atoms with Crippen molar-refractivity contribution in [3.63, 3.8) is 0 Å². The molecular weight excluding hydrogens is 412 g/mol. The molecule has 4 rings (SSSR count). The molecule has 1 saturated heterocycles. The van der Waals surface area contributed by atoms with E-state index in [1.165, 1.54) is 25.7 Å². The molecule has 4 fully saturated rings. The van der Waals surface area contributed by atoms with E-state index in [1.54, 1.807) is 5.57 Å². The highest BCUT2D eigenvalue weighted by molar-refractivity contribution is 5.26. The quantitative estimate of drug-likeness (QED) is 0.600. The fraction of sp³-hybridized carbons (Fsp3) is 0.846. The lowest BCUT2D eigenvalue weighted by atomic mass is 9.61. The van der Waals surface area contributed by atoms with Crippen LogP contribution >= 0.6 is 0 Å². The van der Waals surface area contributed by atoms with Crippen molar-refractivity contribution in [3.8, 4) is 0 Å². The van der Waals surface area contributed by atoms with Crippen LogP contribution in [0.2, 0.25) is 0 Å². The summed E-state index contributed by atoms with van der Waals surface area (Å²) in [5, 5.41) is 20.0. The smallest absolute Gasteiger partial charge is 0.345 e. The van der Waals surface area contributed by atoms with Gasteiger partial charge in [0, 0.05) is 19.6 Å². The average Bonchev–Trinajstić information content (AvgIpc) is 3.28. The van der Waals surface area contributed by atoms with E-state index >= 15 is 0 Å². The van der Waals surface area contributed by atoms with Gasteiger partial charge in [0.05, 0.1) is 18.3 Å². The van der Waals surface area contributed by atoms with Crippen molar-refractivity contribution >= 4 is 0 Å². The minimum Gasteiger partial charge on any atom is -0.393 e. The lowest BCUT2D eigenvalue weighted by Crippen LogP contribution is -2.39. The fourth-order valence-corrected chi connectivity index (χ4v) is 7.50. The number of hydrogen-bond donors (Lipinski definition) is 2. The Kier molecular flexibility index (Phi) is 7.75. The van der Waals surface area contributed by atoms with E-state index < -0.39 is 18.8 Å². The molecule has 0 aromatic carbocycles. The van der Waals surface area contributed by atoms with E-state index in [1.807, 2.05) is 0 Å². The number of allylic oxidation sites excluding steroid dienone is 3. The second kappa shape index (κ2) is 10.2. The molecule has 7 atom stereocenters. The van der Waals surface area contributed by atoms with Crippen LogP contribution in [0.15, 0.2) is 23.3 Å². The van der Waals surface area contributed by atoms with Gasteiger partial charge in [0.2, 0.25) is 0 Å². The summed E-state index contributed by atoms with van der Waals surface area (Å²) >= 11 is 0. The lowest BCUT2D eigenvalue weighted by molar-refractivity contribution is -0.158. The number of rotatable bonds is 6. The molecule has 2 N–H and O–H groups in total. The van der Waals surface area contributed by atoms with E-state index in [0.29, 0.717) is 55.4 Å². The Morgan fingerprint density at radius 2 is 1.91 bits per heavy atom. The Hall–Kier alpha value is -0.820. The summed E-state index contributed by atoms with van der Waals surface area (Å²) in [5.74, 6) is 1.79. The zero-order valence-electron chi connectivity index (χ0n) is 19.7. The van der Waals surface area contributed by atoms with Gasteiger partial charge in [0.1, 0.15) is 0 Å². The first kappa shape index (κ1) is 24.3. The molecule has 6 heteroatoms. The summed E-state index contributed by atoms with van der Waals surface area (Å²) in [5.41, 5.74) is 3.00. The van der Waals surface area contributed by atoms with Crippen LogP contribution in [0.25, 0.3) is 0 Å². The molecular formula is C26H41F2NO3. The molecule has 0 bridgehead atoms. The number of aliphatic hydroxyl groups is 2. The van der Waals surface area contributed by atoms with Crippen LogP contribution < -0.4 is 0 Å². The zero-order valence-corrected chi connectivity index (χ0v) is 19.7. The first-order valence-corrected chi connectivity index (χ1v) is 12.6. The molecule has 0 spiro atoms. The van der Waals surface area contributed by atoms with Crippen molar-refractivity contribution in [1.29, 1.82) is 0 Å². The Labute approximate surface area is 191 Å². The van der Waals surface area contributed by atoms with Gasteiger partial charge in [-0.1, -0.05) is 37.1 Å². The molecule has 3 saturated carbocycles. The number of fused-ring (bicyclic) bond motifs is 1. The van der Waals surface area contributed by atoms with Gasteiger partial charge in [-0.2, -0.15) is 8.78 Å². The van der Waals surface area contributed by atoms with Crippen LogP contribution in [-0.2, 0) is 4.74 Å². The summed E-state index contributed by atoms with van der Waals surface area (Å²) < 4.78 is 29.8. The van der Waals surface area contributed by atoms with Crippen molar-refractivity contribution in [3.05, 3.63) is 23.3 Å². The van der Waals surface area contributed by atoms with Crippen molar-refractivity contribution in [1.82, 2.24) is 4.90 Å². The van der Waals surface area contributed by atoms with Gasteiger partial charge in [-0.15, -0.1) is 0 Å². The molecule has 0 aromatic rings. The third-order valence-corrected chi connectivity index (χ3v) is 8.87. The van der Waals surface area contributed by atoms with Crippen LogP contribution in [-0.4, -0.2) is 59.7 Å². The Bertz CT molecular complexity index is 699. The molecule has 3 aliphatic carbocycles. The molecule has 4 aliphatic rings. The predicted octanol–water partition coefficient (Wildman–Crippen LogP) is 4.91. The van der Waals surface area contributed by atoms with E-state index in [9.17, 15) is 19.0 Å². The van der Waals surface area contributed by atoms with Gasteiger partial charge in [-0.05, 0) is 81.0 Å². The van der Waals surface area contributed by atoms with Gasteiger partial charge in [0.25, 0.3) is 0 Å². The van der Waals surface area contributed by atoms with Gasteiger partial charge in [-0.25, -0.2) is 0 Å². The summed E-state index contributed by atoms with van der Waals surface area (Å²) in [7, 11) is 0. The van der Waals surface area contributed by atoms with Crippen LogP contribution in [0.1, 0.15) is 71.6 Å². The minimum atomic E-state index is -2.67. The number of ether oxygens (including phenoxy) is 1. The summed E-state index contributed by atoms with van der Waals surface area (Å²) in [4.78, 5) is 2.32. The zero-order chi connectivity index (χ0) is 22.9. The van der Waals surface area contributed by atoms with Gasteiger partial charge in [-0.3, -0.25) is 0 Å². The number of alkyl halides is 2. The Balaban J connectivity index is 1.39. The maximum absolute atomic E-state index is 12.5. The second-order valence-electron chi connectivity index (χ2n) is 11.2. The van der Waals surface area contributed by atoms with Gasteiger partial charge < -0.3 is 19.8 Å². The average molecular weight is 454 g/mol. The summed E-state index contributed by atoms with van der Waals surface area (Å²) in [6.45, 7) is 4.60. The minimum absolute atomic E-state index is 0.298. The number of halogens is 2. The summed E-state index contributed by atoms with van der Waals surface area (Å²) in [6.07, 6.45) is 11.9.